The van der Waals surface area contributed by atoms with Gasteiger partial charge in [-0.1, -0.05) is 13.8 Å². The van der Waals surface area contributed by atoms with Crippen molar-refractivity contribution in [2.45, 2.75) is 39.7 Å². The van der Waals surface area contributed by atoms with Crippen LogP contribution in [0.3, 0.4) is 0 Å². The van der Waals surface area contributed by atoms with Crippen LogP contribution in [0, 0.1) is 5.92 Å². The number of rotatable bonds is 5. The predicted molar refractivity (Wildman–Crippen MR) is 65.2 cm³/mol. The number of carbonyl (C=O) groups excluding carboxylic acids is 2. The maximum absolute atomic E-state index is 12.1. The van der Waals surface area contributed by atoms with Crippen LogP contribution in [0.1, 0.15) is 34.1 Å². The summed E-state index contributed by atoms with van der Waals surface area (Å²) in [5.74, 6) is 0.288. The van der Waals surface area contributed by atoms with Gasteiger partial charge in [0.15, 0.2) is 5.78 Å². The summed E-state index contributed by atoms with van der Waals surface area (Å²) in [6.07, 6.45) is 0.786. The van der Waals surface area contributed by atoms with Crippen LogP contribution in [0.4, 0.5) is 0 Å². The second-order valence-electron chi connectivity index (χ2n) is 4.18. The second kappa shape index (κ2) is 5.54. The molecule has 0 aromatic rings. The standard InChI is InChI=1S/C11H21NO2S/c1-6-8(2)10(14)11(4,7-15)12(5)9(3)13/h8,15H,6-7H2,1-5H3/t8?,11-/m1/s1. The van der Waals surface area contributed by atoms with Gasteiger partial charge in [0.1, 0.15) is 5.54 Å². The maximum atomic E-state index is 12.1. The van der Waals surface area contributed by atoms with E-state index in [1.165, 1.54) is 11.8 Å². The van der Waals surface area contributed by atoms with E-state index in [0.29, 0.717) is 5.75 Å². The molecule has 0 heterocycles. The van der Waals surface area contributed by atoms with E-state index < -0.39 is 5.54 Å². The highest BCUT2D eigenvalue weighted by Crippen LogP contribution is 2.22. The zero-order chi connectivity index (χ0) is 12.2. The third-order valence-electron chi connectivity index (χ3n) is 3.11. The third kappa shape index (κ3) is 2.97. The summed E-state index contributed by atoms with van der Waals surface area (Å²) in [7, 11) is 1.65. The van der Waals surface area contributed by atoms with Crippen molar-refractivity contribution in [3.8, 4) is 0 Å². The molecule has 0 aliphatic carbocycles. The molecule has 0 aliphatic rings. The molecule has 88 valence electrons. The monoisotopic (exact) mass is 231 g/mol. The zero-order valence-electron chi connectivity index (χ0n) is 10.2. The maximum Gasteiger partial charge on any atom is 0.220 e. The van der Waals surface area contributed by atoms with Gasteiger partial charge >= 0.3 is 0 Å². The second-order valence-corrected chi connectivity index (χ2v) is 4.50. The molecule has 0 N–H and O–H groups in total. The summed E-state index contributed by atoms with van der Waals surface area (Å²) in [6.45, 7) is 7.09. The van der Waals surface area contributed by atoms with Gasteiger partial charge in [-0.25, -0.2) is 0 Å². The van der Waals surface area contributed by atoms with Crippen molar-refractivity contribution in [2.75, 3.05) is 12.8 Å². The minimum Gasteiger partial charge on any atom is -0.333 e. The Kier molecular flexibility index (Phi) is 5.35. The number of carbonyl (C=O) groups is 2. The number of likely N-dealkylation sites (N-methyl/N-ethyl adjacent to an activating group) is 1. The largest absolute Gasteiger partial charge is 0.333 e. The first-order valence-corrected chi connectivity index (χ1v) is 5.84. The first-order valence-electron chi connectivity index (χ1n) is 5.20. The van der Waals surface area contributed by atoms with Crippen LogP contribution in [0.5, 0.6) is 0 Å². The summed E-state index contributed by atoms with van der Waals surface area (Å²) in [5, 5.41) is 0. The average Bonchev–Trinajstić information content (AvgIpc) is 2.24. The quantitative estimate of drug-likeness (QED) is 0.732. The van der Waals surface area contributed by atoms with Crippen molar-refractivity contribution in [1.29, 1.82) is 0 Å². The fourth-order valence-electron chi connectivity index (χ4n) is 1.41. The molecule has 0 bridgehead atoms. The Morgan fingerprint density at radius 3 is 2.20 bits per heavy atom. The van der Waals surface area contributed by atoms with Gasteiger partial charge in [0.2, 0.25) is 5.91 Å². The first kappa shape index (κ1) is 14.5. The Morgan fingerprint density at radius 2 is 1.93 bits per heavy atom. The predicted octanol–water partition coefficient (Wildman–Crippen LogP) is 1.77. The van der Waals surface area contributed by atoms with Crippen LogP contribution in [-0.4, -0.2) is 34.9 Å². The molecule has 1 unspecified atom stereocenters. The summed E-state index contributed by atoms with van der Waals surface area (Å²) in [5.41, 5.74) is -0.787. The molecule has 0 fully saturated rings. The highest BCUT2D eigenvalue weighted by Gasteiger charge is 2.39. The Bertz CT molecular complexity index is 255. The fourth-order valence-corrected chi connectivity index (χ4v) is 1.78. The fraction of sp³-hybridized carbons (Fsp3) is 0.818. The van der Waals surface area contributed by atoms with Gasteiger partial charge in [-0.2, -0.15) is 12.6 Å². The summed E-state index contributed by atoms with van der Waals surface area (Å²) < 4.78 is 0. The first-order chi connectivity index (χ1) is 6.81. The van der Waals surface area contributed by atoms with Crippen molar-refractivity contribution in [1.82, 2.24) is 4.90 Å². The van der Waals surface area contributed by atoms with Gasteiger partial charge in [-0.05, 0) is 13.3 Å². The van der Waals surface area contributed by atoms with E-state index in [-0.39, 0.29) is 17.6 Å². The van der Waals surface area contributed by atoms with Crippen LogP contribution < -0.4 is 0 Å². The number of ketones is 1. The van der Waals surface area contributed by atoms with Crippen molar-refractivity contribution in [2.24, 2.45) is 5.92 Å². The smallest absolute Gasteiger partial charge is 0.220 e. The SMILES string of the molecule is CCC(C)C(=O)[C@@](C)(CS)N(C)C(C)=O. The number of nitrogens with zero attached hydrogens (tertiary/aromatic N) is 1. The lowest BCUT2D eigenvalue weighted by molar-refractivity contribution is -0.143. The van der Waals surface area contributed by atoms with Crippen molar-refractivity contribution in [3.05, 3.63) is 0 Å². The number of amides is 1. The highest BCUT2D eigenvalue weighted by molar-refractivity contribution is 7.80. The van der Waals surface area contributed by atoms with Crippen LogP contribution in [-0.2, 0) is 9.59 Å². The molecule has 3 nitrogen and oxygen atoms in total. The molecular formula is C11H21NO2S. The van der Waals surface area contributed by atoms with E-state index in [9.17, 15) is 9.59 Å². The van der Waals surface area contributed by atoms with E-state index >= 15 is 0 Å². The van der Waals surface area contributed by atoms with Crippen molar-refractivity contribution >= 4 is 24.3 Å². The molecule has 0 spiro atoms. The molecule has 0 aliphatic heterocycles. The molecule has 0 aromatic heterocycles. The van der Waals surface area contributed by atoms with Gasteiger partial charge in [-0.15, -0.1) is 0 Å². The number of hydrogen-bond donors (Lipinski definition) is 1. The molecule has 0 radical (unpaired) electrons. The Balaban J connectivity index is 5.00. The van der Waals surface area contributed by atoms with Gasteiger partial charge in [0, 0.05) is 25.6 Å². The minimum absolute atomic E-state index is 0.0380. The third-order valence-corrected chi connectivity index (χ3v) is 3.73. The molecule has 15 heavy (non-hydrogen) atoms. The molecule has 0 saturated heterocycles. The lowest BCUT2D eigenvalue weighted by Gasteiger charge is -2.37. The molecular weight excluding hydrogens is 210 g/mol. The van der Waals surface area contributed by atoms with Gasteiger partial charge in [-0.3, -0.25) is 9.59 Å². The number of Topliss-reactive ketones (excluding diaryl/α,β-unsaturated/α-hetero) is 1. The molecule has 0 saturated carbocycles. The zero-order valence-corrected chi connectivity index (χ0v) is 11.1. The van der Waals surface area contributed by atoms with E-state index in [0.717, 1.165) is 6.42 Å². The minimum atomic E-state index is -0.787. The Labute approximate surface area is 97.6 Å². The van der Waals surface area contributed by atoms with Crippen LogP contribution in [0.2, 0.25) is 0 Å². The van der Waals surface area contributed by atoms with Crippen LogP contribution in [0.15, 0.2) is 0 Å². The van der Waals surface area contributed by atoms with E-state index in [4.69, 9.17) is 0 Å². The van der Waals surface area contributed by atoms with E-state index in [2.05, 4.69) is 12.6 Å². The molecule has 4 heteroatoms. The van der Waals surface area contributed by atoms with Gasteiger partial charge in [0.05, 0.1) is 0 Å². The molecule has 1 amide bonds. The number of thiol groups is 1. The van der Waals surface area contributed by atoms with E-state index in [1.807, 2.05) is 13.8 Å². The normalized spacial score (nSPS) is 16.7. The summed E-state index contributed by atoms with van der Waals surface area (Å²) in [6, 6.07) is 0. The van der Waals surface area contributed by atoms with Crippen LogP contribution >= 0.6 is 12.6 Å². The molecule has 0 rings (SSSR count). The van der Waals surface area contributed by atoms with Crippen molar-refractivity contribution in [3.63, 3.8) is 0 Å². The van der Waals surface area contributed by atoms with Gasteiger partial charge < -0.3 is 4.90 Å². The Morgan fingerprint density at radius 1 is 1.47 bits per heavy atom. The summed E-state index contributed by atoms with van der Waals surface area (Å²) >= 11 is 4.19. The molecule has 0 aromatic carbocycles. The topological polar surface area (TPSA) is 37.4 Å². The molecule has 2 atom stereocenters. The summed E-state index contributed by atoms with van der Waals surface area (Å²) in [4.78, 5) is 24.9. The van der Waals surface area contributed by atoms with E-state index in [1.54, 1.807) is 14.0 Å². The Hall–Kier alpha value is -0.510. The lowest BCUT2D eigenvalue weighted by Crippen LogP contribution is -2.55. The lowest BCUT2D eigenvalue weighted by atomic mass is 9.87. The van der Waals surface area contributed by atoms with Crippen LogP contribution in [0.25, 0.3) is 0 Å². The van der Waals surface area contributed by atoms with Gasteiger partial charge in [0.25, 0.3) is 0 Å². The van der Waals surface area contributed by atoms with Crippen molar-refractivity contribution < 1.29 is 9.59 Å². The highest BCUT2D eigenvalue weighted by atomic mass is 32.1. The number of hydrogen-bond acceptors (Lipinski definition) is 3. The average molecular weight is 231 g/mol.